The summed E-state index contributed by atoms with van der Waals surface area (Å²) in [5.41, 5.74) is 0.449. The Balaban J connectivity index is 2.10. The first-order chi connectivity index (χ1) is 6.58. The Hall–Kier alpha value is -0.570. The molecule has 0 saturated heterocycles. The van der Waals surface area contributed by atoms with Gasteiger partial charge in [0.1, 0.15) is 0 Å². The van der Waals surface area contributed by atoms with Crippen LogP contribution >= 0.6 is 0 Å². The van der Waals surface area contributed by atoms with Gasteiger partial charge < -0.3 is 10.6 Å². The largest absolute Gasteiger partial charge is 0.355 e. The summed E-state index contributed by atoms with van der Waals surface area (Å²) in [5, 5.41) is 6.14. The smallest absolute Gasteiger partial charge is 0.233 e. The Labute approximate surface area is 86.6 Å². The lowest BCUT2D eigenvalue weighted by molar-refractivity contribution is -0.120. The second-order valence-electron chi connectivity index (χ2n) is 4.61. The minimum Gasteiger partial charge on any atom is -0.355 e. The van der Waals surface area contributed by atoms with Crippen molar-refractivity contribution < 1.29 is 4.79 Å². The van der Waals surface area contributed by atoms with Gasteiger partial charge in [-0.1, -0.05) is 13.8 Å². The van der Waals surface area contributed by atoms with Crippen LogP contribution in [0.15, 0.2) is 0 Å². The van der Waals surface area contributed by atoms with E-state index >= 15 is 0 Å². The van der Waals surface area contributed by atoms with Crippen LogP contribution in [0.25, 0.3) is 0 Å². The minimum absolute atomic E-state index is 0.114. The highest BCUT2D eigenvalue weighted by atomic mass is 16.1. The molecule has 1 aliphatic rings. The van der Waals surface area contributed by atoms with E-state index < -0.39 is 0 Å². The summed E-state index contributed by atoms with van der Waals surface area (Å²) in [6, 6.07) is 0.454. The van der Waals surface area contributed by atoms with Crippen LogP contribution in [0, 0.1) is 5.41 Å². The Bertz CT molecular complexity index is 199. The standard InChI is InChI=1S/C11H22N2O/c1-4-7-12-10(14)8-13-9(2)11(3)5-6-11/h9,13H,4-8H2,1-3H3,(H,12,14). The van der Waals surface area contributed by atoms with Crippen molar-refractivity contribution in [1.82, 2.24) is 10.6 Å². The summed E-state index contributed by atoms with van der Waals surface area (Å²) < 4.78 is 0. The fourth-order valence-electron chi connectivity index (χ4n) is 1.45. The zero-order chi connectivity index (χ0) is 10.6. The first kappa shape index (κ1) is 11.5. The predicted octanol–water partition coefficient (Wildman–Crippen LogP) is 1.29. The molecule has 0 radical (unpaired) electrons. The van der Waals surface area contributed by atoms with Crippen molar-refractivity contribution in [3.8, 4) is 0 Å². The molecule has 0 bridgehead atoms. The SMILES string of the molecule is CCCNC(=O)CNC(C)C1(C)CC1. The van der Waals surface area contributed by atoms with Gasteiger partial charge in [-0.15, -0.1) is 0 Å². The van der Waals surface area contributed by atoms with Crippen molar-refractivity contribution in [1.29, 1.82) is 0 Å². The van der Waals surface area contributed by atoms with E-state index in [0.29, 0.717) is 18.0 Å². The summed E-state index contributed by atoms with van der Waals surface area (Å²) in [5.74, 6) is 0.114. The molecule has 1 atom stereocenters. The summed E-state index contributed by atoms with van der Waals surface area (Å²) in [4.78, 5) is 11.3. The fourth-order valence-corrected chi connectivity index (χ4v) is 1.45. The average molecular weight is 198 g/mol. The molecule has 0 heterocycles. The molecule has 0 aromatic rings. The maximum absolute atomic E-state index is 11.3. The van der Waals surface area contributed by atoms with Gasteiger partial charge in [-0.05, 0) is 31.6 Å². The number of nitrogens with one attached hydrogen (secondary N) is 2. The highest BCUT2D eigenvalue weighted by molar-refractivity contribution is 5.77. The fraction of sp³-hybridized carbons (Fsp3) is 0.909. The molecule has 3 nitrogen and oxygen atoms in total. The minimum atomic E-state index is 0.114. The quantitative estimate of drug-likeness (QED) is 0.675. The molecule has 2 N–H and O–H groups in total. The molecule has 1 amide bonds. The number of carbonyl (C=O) groups excluding carboxylic acids is 1. The number of rotatable bonds is 6. The molecule has 0 aromatic carbocycles. The van der Waals surface area contributed by atoms with E-state index in [0.717, 1.165) is 13.0 Å². The molecule has 1 unspecified atom stereocenters. The molecular formula is C11H22N2O. The van der Waals surface area contributed by atoms with Gasteiger partial charge >= 0.3 is 0 Å². The Kier molecular flexibility index (Phi) is 3.93. The molecule has 1 rings (SSSR count). The maximum atomic E-state index is 11.3. The monoisotopic (exact) mass is 198 g/mol. The van der Waals surface area contributed by atoms with E-state index in [1.54, 1.807) is 0 Å². The van der Waals surface area contributed by atoms with Crippen molar-refractivity contribution in [3.05, 3.63) is 0 Å². The normalized spacial score (nSPS) is 20.2. The first-order valence-corrected chi connectivity index (χ1v) is 5.58. The van der Waals surface area contributed by atoms with Crippen LogP contribution in [-0.4, -0.2) is 25.0 Å². The molecule has 82 valence electrons. The van der Waals surface area contributed by atoms with Gasteiger partial charge in [-0.3, -0.25) is 4.79 Å². The zero-order valence-electron chi connectivity index (χ0n) is 9.52. The van der Waals surface area contributed by atoms with E-state index in [1.807, 2.05) is 0 Å². The van der Waals surface area contributed by atoms with Crippen molar-refractivity contribution >= 4 is 5.91 Å². The summed E-state index contributed by atoms with van der Waals surface area (Å²) in [6.07, 6.45) is 3.58. The highest BCUT2D eigenvalue weighted by Crippen LogP contribution is 2.47. The second-order valence-corrected chi connectivity index (χ2v) is 4.61. The van der Waals surface area contributed by atoms with Gasteiger partial charge in [0.05, 0.1) is 6.54 Å². The van der Waals surface area contributed by atoms with Gasteiger partial charge in [0.15, 0.2) is 0 Å². The molecule has 3 heteroatoms. The van der Waals surface area contributed by atoms with E-state index in [1.165, 1.54) is 12.8 Å². The third-order valence-corrected chi connectivity index (χ3v) is 3.23. The van der Waals surface area contributed by atoms with Crippen LogP contribution in [-0.2, 0) is 4.79 Å². The van der Waals surface area contributed by atoms with E-state index in [9.17, 15) is 4.79 Å². The number of amides is 1. The molecule has 1 saturated carbocycles. The summed E-state index contributed by atoms with van der Waals surface area (Å²) in [6.45, 7) is 7.74. The maximum Gasteiger partial charge on any atom is 0.233 e. The van der Waals surface area contributed by atoms with Crippen LogP contribution in [0.5, 0.6) is 0 Å². The Morgan fingerprint density at radius 2 is 2.14 bits per heavy atom. The third-order valence-electron chi connectivity index (χ3n) is 3.23. The zero-order valence-corrected chi connectivity index (χ0v) is 9.52. The van der Waals surface area contributed by atoms with Crippen LogP contribution in [0.2, 0.25) is 0 Å². The van der Waals surface area contributed by atoms with Crippen molar-refractivity contribution in [2.24, 2.45) is 5.41 Å². The lowest BCUT2D eigenvalue weighted by Crippen LogP contribution is -2.41. The van der Waals surface area contributed by atoms with Crippen LogP contribution in [0.3, 0.4) is 0 Å². The first-order valence-electron chi connectivity index (χ1n) is 5.58. The lowest BCUT2D eigenvalue weighted by Gasteiger charge is -2.19. The lowest BCUT2D eigenvalue weighted by atomic mass is 10.0. The molecule has 14 heavy (non-hydrogen) atoms. The summed E-state index contributed by atoms with van der Waals surface area (Å²) >= 11 is 0. The van der Waals surface area contributed by atoms with E-state index in [-0.39, 0.29) is 5.91 Å². The van der Waals surface area contributed by atoms with Crippen molar-refractivity contribution in [3.63, 3.8) is 0 Å². The second kappa shape index (κ2) is 4.78. The van der Waals surface area contributed by atoms with Gasteiger partial charge in [0, 0.05) is 12.6 Å². The van der Waals surface area contributed by atoms with Gasteiger partial charge in [0.2, 0.25) is 5.91 Å². The number of hydrogen-bond donors (Lipinski definition) is 2. The van der Waals surface area contributed by atoms with E-state index in [2.05, 4.69) is 31.4 Å². The van der Waals surface area contributed by atoms with E-state index in [4.69, 9.17) is 0 Å². The topological polar surface area (TPSA) is 41.1 Å². The molecule has 0 aromatic heterocycles. The van der Waals surface area contributed by atoms with Gasteiger partial charge in [-0.25, -0.2) is 0 Å². The molecule has 0 spiro atoms. The summed E-state index contributed by atoms with van der Waals surface area (Å²) in [7, 11) is 0. The van der Waals surface area contributed by atoms with Gasteiger partial charge in [-0.2, -0.15) is 0 Å². The van der Waals surface area contributed by atoms with Gasteiger partial charge in [0.25, 0.3) is 0 Å². The van der Waals surface area contributed by atoms with Crippen molar-refractivity contribution in [2.75, 3.05) is 13.1 Å². The van der Waals surface area contributed by atoms with Crippen LogP contribution < -0.4 is 10.6 Å². The average Bonchev–Trinajstić information content (AvgIpc) is 2.90. The highest BCUT2D eigenvalue weighted by Gasteiger charge is 2.42. The number of hydrogen-bond acceptors (Lipinski definition) is 2. The van der Waals surface area contributed by atoms with Crippen LogP contribution in [0.4, 0.5) is 0 Å². The molecule has 0 aliphatic heterocycles. The van der Waals surface area contributed by atoms with Crippen LogP contribution in [0.1, 0.15) is 40.0 Å². The molecule has 1 fully saturated rings. The molecular weight excluding hydrogens is 176 g/mol. The number of carbonyl (C=O) groups is 1. The van der Waals surface area contributed by atoms with Crippen molar-refractivity contribution in [2.45, 2.75) is 46.1 Å². The Morgan fingerprint density at radius 3 is 2.64 bits per heavy atom. The Morgan fingerprint density at radius 1 is 1.50 bits per heavy atom. The molecule has 1 aliphatic carbocycles. The predicted molar refractivity (Wildman–Crippen MR) is 58.1 cm³/mol. The third kappa shape index (κ3) is 3.29.